The van der Waals surface area contributed by atoms with Gasteiger partial charge in [0.2, 0.25) is 5.91 Å². The molecule has 1 atom stereocenters. The van der Waals surface area contributed by atoms with Crippen LogP contribution in [0.15, 0.2) is 48.5 Å². The molecule has 1 heterocycles. The molecule has 2 aromatic carbocycles. The topological polar surface area (TPSA) is 49.4 Å². The lowest BCUT2D eigenvalue weighted by Gasteiger charge is -2.16. The fourth-order valence-corrected chi connectivity index (χ4v) is 2.41. The summed E-state index contributed by atoms with van der Waals surface area (Å²) in [5.74, 6) is -1.88. The summed E-state index contributed by atoms with van der Waals surface area (Å²) in [4.78, 5) is 25.3. The van der Waals surface area contributed by atoms with Gasteiger partial charge in [0.15, 0.2) is 0 Å². The van der Waals surface area contributed by atoms with Gasteiger partial charge in [0.1, 0.15) is 17.7 Å². The van der Waals surface area contributed by atoms with Gasteiger partial charge in [0.25, 0.3) is 5.91 Å². The van der Waals surface area contributed by atoms with Crippen LogP contribution in [0.5, 0.6) is 0 Å². The third-order valence-corrected chi connectivity index (χ3v) is 3.38. The molecule has 0 aromatic heterocycles. The van der Waals surface area contributed by atoms with E-state index in [1.165, 1.54) is 36.4 Å². The molecule has 1 saturated heterocycles. The van der Waals surface area contributed by atoms with E-state index in [1.807, 2.05) is 0 Å². The number of nitrogens with one attached hydrogen (secondary N) is 1. The highest BCUT2D eigenvalue weighted by atomic mass is 19.1. The van der Waals surface area contributed by atoms with Crippen LogP contribution < -0.4 is 10.2 Å². The van der Waals surface area contributed by atoms with Crippen molar-refractivity contribution < 1.29 is 18.4 Å². The van der Waals surface area contributed by atoms with Crippen LogP contribution in [0.2, 0.25) is 0 Å². The maximum Gasteiger partial charge on any atom is 0.256 e. The zero-order valence-corrected chi connectivity index (χ0v) is 11.4. The molecule has 6 heteroatoms. The molecule has 3 rings (SSSR count). The highest BCUT2D eigenvalue weighted by molar-refractivity contribution is 6.23. The van der Waals surface area contributed by atoms with Gasteiger partial charge in [0, 0.05) is 5.69 Å². The highest BCUT2D eigenvalue weighted by Crippen LogP contribution is 2.25. The fraction of sp³-hybridized carbons (Fsp3) is 0.125. The molecule has 2 aromatic rings. The van der Waals surface area contributed by atoms with Gasteiger partial charge >= 0.3 is 0 Å². The Morgan fingerprint density at radius 2 is 1.68 bits per heavy atom. The van der Waals surface area contributed by atoms with Gasteiger partial charge in [-0.05, 0) is 36.4 Å². The van der Waals surface area contributed by atoms with Crippen molar-refractivity contribution in [1.29, 1.82) is 0 Å². The van der Waals surface area contributed by atoms with E-state index in [-0.39, 0.29) is 12.1 Å². The van der Waals surface area contributed by atoms with Crippen LogP contribution >= 0.6 is 0 Å². The number of imide groups is 1. The van der Waals surface area contributed by atoms with Crippen molar-refractivity contribution in [3.8, 4) is 0 Å². The number of anilines is 2. The second kappa shape index (κ2) is 5.55. The van der Waals surface area contributed by atoms with Gasteiger partial charge < -0.3 is 5.32 Å². The van der Waals surface area contributed by atoms with E-state index in [1.54, 1.807) is 6.07 Å². The first-order chi connectivity index (χ1) is 10.5. The summed E-state index contributed by atoms with van der Waals surface area (Å²) < 4.78 is 26.4. The minimum Gasteiger partial charge on any atom is -0.373 e. The normalized spacial score (nSPS) is 17.9. The van der Waals surface area contributed by atoms with Crippen LogP contribution in [-0.2, 0) is 9.59 Å². The summed E-state index contributed by atoms with van der Waals surface area (Å²) in [6, 6.07) is 10.1. The van der Waals surface area contributed by atoms with Crippen molar-refractivity contribution in [3.05, 3.63) is 60.2 Å². The van der Waals surface area contributed by atoms with Crippen LogP contribution in [-0.4, -0.2) is 17.9 Å². The molecule has 1 N–H and O–H groups in total. The molecule has 0 radical (unpaired) electrons. The second-order valence-electron chi connectivity index (χ2n) is 4.96. The number of hydrogen-bond acceptors (Lipinski definition) is 3. The minimum atomic E-state index is -0.794. The number of hydrogen-bond donors (Lipinski definition) is 1. The second-order valence-corrected chi connectivity index (χ2v) is 4.96. The fourth-order valence-electron chi connectivity index (χ4n) is 2.41. The molecule has 1 aliphatic rings. The lowest BCUT2D eigenvalue weighted by atomic mass is 10.2. The molecule has 22 heavy (non-hydrogen) atoms. The smallest absolute Gasteiger partial charge is 0.256 e. The van der Waals surface area contributed by atoms with Crippen LogP contribution in [0.1, 0.15) is 6.42 Å². The standard InChI is InChI=1S/C16H12F2N2O2/c17-10-3-1-5-12(7-10)19-14-9-15(21)20(16(14)22)13-6-2-4-11(18)8-13/h1-8,14,19H,9H2/t14-/m1/s1. The maximum atomic E-state index is 13.3. The minimum absolute atomic E-state index is 0.0636. The lowest BCUT2D eigenvalue weighted by molar-refractivity contribution is -0.121. The Bertz CT molecular complexity index is 748. The molecule has 0 aliphatic carbocycles. The van der Waals surface area contributed by atoms with Crippen molar-refractivity contribution in [2.45, 2.75) is 12.5 Å². The quantitative estimate of drug-likeness (QED) is 0.887. The lowest BCUT2D eigenvalue weighted by Crippen LogP contribution is -2.34. The largest absolute Gasteiger partial charge is 0.373 e. The van der Waals surface area contributed by atoms with Crippen LogP contribution in [0, 0.1) is 11.6 Å². The first-order valence-electron chi connectivity index (χ1n) is 6.69. The SMILES string of the molecule is O=C1C[C@@H](Nc2cccc(F)c2)C(=O)N1c1cccc(F)c1. The molecule has 1 aliphatic heterocycles. The molecule has 2 amide bonds. The predicted octanol–water partition coefficient (Wildman–Crippen LogP) is 2.71. The summed E-state index contributed by atoms with van der Waals surface area (Å²) in [7, 11) is 0. The number of nitrogens with zero attached hydrogens (tertiary/aromatic N) is 1. The Labute approximate surface area is 125 Å². The maximum absolute atomic E-state index is 13.3. The molecular weight excluding hydrogens is 290 g/mol. The monoisotopic (exact) mass is 302 g/mol. The number of rotatable bonds is 3. The van der Waals surface area contributed by atoms with E-state index in [0.29, 0.717) is 5.69 Å². The zero-order chi connectivity index (χ0) is 15.7. The van der Waals surface area contributed by atoms with E-state index in [0.717, 1.165) is 11.0 Å². The van der Waals surface area contributed by atoms with E-state index in [9.17, 15) is 18.4 Å². The Kier molecular flexibility index (Phi) is 3.58. The van der Waals surface area contributed by atoms with Crippen LogP contribution in [0.25, 0.3) is 0 Å². The number of benzene rings is 2. The summed E-state index contributed by atoms with van der Waals surface area (Å²) >= 11 is 0. The molecule has 112 valence electrons. The third-order valence-electron chi connectivity index (χ3n) is 3.38. The van der Waals surface area contributed by atoms with Gasteiger partial charge in [-0.1, -0.05) is 12.1 Å². The molecule has 1 fully saturated rings. The average molecular weight is 302 g/mol. The van der Waals surface area contributed by atoms with E-state index in [4.69, 9.17) is 0 Å². The van der Waals surface area contributed by atoms with Crippen LogP contribution in [0.3, 0.4) is 0 Å². The van der Waals surface area contributed by atoms with E-state index < -0.39 is 29.5 Å². The first-order valence-corrected chi connectivity index (χ1v) is 6.69. The number of amides is 2. The summed E-state index contributed by atoms with van der Waals surface area (Å²) in [5.41, 5.74) is 0.603. The van der Waals surface area contributed by atoms with Crippen molar-refractivity contribution in [1.82, 2.24) is 0 Å². The average Bonchev–Trinajstić information content (AvgIpc) is 2.73. The van der Waals surface area contributed by atoms with Crippen molar-refractivity contribution in [3.63, 3.8) is 0 Å². The van der Waals surface area contributed by atoms with Gasteiger partial charge in [-0.2, -0.15) is 0 Å². The van der Waals surface area contributed by atoms with Gasteiger partial charge in [-0.3, -0.25) is 9.59 Å². The van der Waals surface area contributed by atoms with E-state index >= 15 is 0 Å². The first kappa shape index (κ1) is 14.2. The highest BCUT2D eigenvalue weighted by Gasteiger charge is 2.39. The summed E-state index contributed by atoms with van der Waals surface area (Å²) in [5, 5.41) is 2.83. The van der Waals surface area contributed by atoms with Crippen molar-refractivity contribution in [2.75, 3.05) is 10.2 Å². The Morgan fingerprint density at radius 3 is 2.36 bits per heavy atom. The van der Waals surface area contributed by atoms with Crippen molar-refractivity contribution >= 4 is 23.2 Å². The number of carbonyl (C=O) groups is 2. The molecule has 0 saturated carbocycles. The molecule has 0 unspecified atom stereocenters. The summed E-state index contributed by atoms with van der Waals surface area (Å²) in [6.07, 6.45) is -0.0636. The van der Waals surface area contributed by atoms with Gasteiger partial charge in [-0.15, -0.1) is 0 Å². The molecule has 0 spiro atoms. The predicted molar refractivity (Wildman–Crippen MR) is 77.3 cm³/mol. The number of carbonyl (C=O) groups excluding carboxylic acids is 2. The van der Waals surface area contributed by atoms with Gasteiger partial charge in [-0.25, -0.2) is 13.7 Å². The zero-order valence-electron chi connectivity index (χ0n) is 11.4. The molecular formula is C16H12F2N2O2. The third kappa shape index (κ3) is 2.67. The van der Waals surface area contributed by atoms with Gasteiger partial charge in [0.05, 0.1) is 12.1 Å². The Morgan fingerprint density at radius 1 is 1.00 bits per heavy atom. The Hall–Kier alpha value is -2.76. The Balaban J connectivity index is 1.82. The molecule has 0 bridgehead atoms. The summed E-state index contributed by atoms with van der Waals surface area (Å²) in [6.45, 7) is 0. The molecule has 4 nitrogen and oxygen atoms in total. The van der Waals surface area contributed by atoms with Crippen LogP contribution in [0.4, 0.5) is 20.2 Å². The van der Waals surface area contributed by atoms with E-state index in [2.05, 4.69) is 5.32 Å². The number of halogens is 2. The van der Waals surface area contributed by atoms with Crippen molar-refractivity contribution in [2.24, 2.45) is 0 Å².